The van der Waals surface area contributed by atoms with Crippen molar-refractivity contribution in [2.45, 2.75) is 57.7 Å². The van der Waals surface area contributed by atoms with Crippen LogP contribution < -0.4 is 14.8 Å². The Morgan fingerprint density at radius 2 is 2.00 bits per heavy atom. The van der Waals surface area contributed by atoms with E-state index in [1.807, 2.05) is 0 Å². The van der Waals surface area contributed by atoms with Crippen molar-refractivity contribution in [1.82, 2.24) is 5.32 Å². The van der Waals surface area contributed by atoms with E-state index in [4.69, 9.17) is 9.47 Å². The van der Waals surface area contributed by atoms with Gasteiger partial charge in [-0.15, -0.1) is 0 Å². The summed E-state index contributed by atoms with van der Waals surface area (Å²) >= 11 is 0. The normalized spacial score (nSPS) is 31.4. The number of hydrogen-bond donors (Lipinski definition) is 1. The summed E-state index contributed by atoms with van der Waals surface area (Å²) in [5.74, 6) is 2.89. The Morgan fingerprint density at radius 1 is 1.15 bits per heavy atom. The van der Waals surface area contributed by atoms with Gasteiger partial charge in [0.1, 0.15) is 23.7 Å². The number of ether oxygens (including phenoxy) is 2. The molecule has 0 amide bonds. The maximum absolute atomic E-state index is 6.17. The van der Waals surface area contributed by atoms with Crippen LogP contribution in [0.25, 0.3) is 0 Å². The summed E-state index contributed by atoms with van der Waals surface area (Å²) in [4.78, 5) is 0. The van der Waals surface area contributed by atoms with Crippen molar-refractivity contribution >= 4 is 0 Å². The van der Waals surface area contributed by atoms with Crippen LogP contribution in [0.15, 0.2) is 6.07 Å². The zero-order chi connectivity index (χ0) is 13.7. The molecule has 108 valence electrons. The number of piperidine rings is 1. The lowest BCUT2D eigenvalue weighted by atomic mass is 9.85. The second-order valence-electron chi connectivity index (χ2n) is 6.56. The first-order valence-corrected chi connectivity index (χ1v) is 7.95. The maximum atomic E-state index is 6.17. The fourth-order valence-corrected chi connectivity index (χ4v) is 3.99. The van der Waals surface area contributed by atoms with E-state index < -0.39 is 0 Å². The largest absolute Gasteiger partial charge is 0.490 e. The maximum Gasteiger partial charge on any atom is 0.127 e. The molecule has 0 bridgehead atoms. The second-order valence-corrected chi connectivity index (χ2v) is 6.56. The molecule has 1 N–H and O–H groups in total. The molecule has 3 aliphatic heterocycles. The van der Waals surface area contributed by atoms with Gasteiger partial charge in [0, 0.05) is 42.0 Å². The van der Waals surface area contributed by atoms with Crippen LogP contribution in [0.2, 0.25) is 0 Å². The van der Waals surface area contributed by atoms with Gasteiger partial charge in [0.15, 0.2) is 0 Å². The van der Waals surface area contributed by atoms with E-state index >= 15 is 0 Å². The highest BCUT2D eigenvalue weighted by atomic mass is 16.5. The molecular weight excluding hydrogens is 250 g/mol. The lowest BCUT2D eigenvalue weighted by molar-refractivity contribution is 0.249. The summed E-state index contributed by atoms with van der Waals surface area (Å²) in [7, 11) is 0. The van der Waals surface area contributed by atoms with Gasteiger partial charge in [-0.25, -0.2) is 0 Å². The molecule has 3 heterocycles. The fourth-order valence-electron chi connectivity index (χ4n) is 3.99. The Balaban J connectivity index is 1.83. The highest BCUT2D eigenvalue weighted by Gasteiger charge is 2.34. The highest BCUT2D eigenvalue weighted by molar-refractivity contribution is 5.58. The first-order valence-electron chi connectivity index (χ1n) is 7.95. The lowest BCUT2D eigenvalue weighted by Gasteiger charge is -2.26. The van der Waals surface area contributed by atoms with Gasteiger partial charge in [-0.2, -0.15) is 0 Å². The molecule has 1 aromatic rings. The third-order valence-electron chi connectivity index (χ3n) is 4.82. The van der Waals surface area contributed by atoms with Gasteiger partial charge < -0.3 is 14.8 Å². The van der Waals surface area contributed by atoms with Crippen LogP contribution in [0, 0.1) is 0 Å². The summed E-state index contributed by atoms with van der Waals surface area (Å²) in [6.45, 7) is 6.56. The van der Waals surface area contributed by atoms with Crippen LogP contribution in [0.3, 0.4) is 0 Å². The van der Waals surface area contributed by atoms with Crippen LogP contribution in [0.4, 0.5) is 0 Å². The zero-order valence-electron chi connectivity index (χ0n) is 12.4. The molecule has 1 saturated heterocycles. The molecule has 0 spiro atoms. The fraction of sp³-hybridized carbons (Fsp3) is 0.647. The molecule has 0 saturated carbocycles. The molecule has 3 heteroatoms. The molecule has 1 aromatic carbocycles. The van der Waals surface area contributed by atoms with Gasteiger partial charge in [-0.1, -0.05) is 0 Å². The Hall–Kier alpha value is -1.22. The van der Waals surface area contributed by atoms with E-state index in [0.717, 1.165) is 31.7 Å². The molecule has 0 aromatic heterocycles. The van der Waals surface area contributed by atoms with Gasteiger partial charge in [0.2, 0.25) is 0 Å². The van der Waals surface area contributed by atoms with Crippen molar-refractivity contribution in [2.75, 3.05) is 13.1 Å². The Labute approximate surface area is 120 Å². The summed E-state index contributed by atoms with van der Waals surface area (Å²) < 4.78 is 12.2. The van der Waals surface area contributed by atoms with E-state index in [2.05, 4.69) is 25.2 Å². The van der Waals surface area contributed by atoms with Crippen molar-refractivity contribution in [2.24, 2.45) is 0 Å². The van der Waals surface area contributed by atoms with Crippen LogP contribution in [0.5, 0.6) is 11.5 Å². The Bertz CT molecular complexity index is 498. The minimum atomic E-state index is 0.306. The minimum absolute atomic E-state index is 0.306. The predicted octanol–water partition coefficient (Wildman–Crippen LogP) is 2.80. The van der Waals surface area contributed by atoms with Gasteiger partial charge >= 0.3 is 0 Å². The summed E-state index contributed by atoms with van der Waals surface area (Å²) in [5, 5.41) is 3.54. The van der Waals surface area contributed by atoms with Crippen molar-refractivity contribution in [3.63, 3.8) is 0 Å². The molecular formula is C17H23NO2. The number of fused-ring (bicyclic) bond motifs is 2. The van der Waals surface area contributed by atoms with Gasteiger partial charge in [0.05, 0.1) is 0 Å². The smallest absolute Gasteiger partial charge is 0.127 e. The minimum Gasteiger partial charge on any atom is -0.490 e. The van der Waals surface area contributed by atoms with E-state index in [9.17, 15) is 0 Å². The molecule has 3 atom stereocenters. The Kier molecular flexibility index (Phi) is 2.92. The number of nitrogens with one attached hydrogen (secondary N) is 1. The number of hydrogen-bond acceptors (Lipinski definition) is 3. The highest BCUT2D eigenvalue weighted by Crippen LogP contribution is 2.47. The predicted molar refractivity (Wildman–Crippen MR) is 78.9 cm³/mol. The Morgan fingerprint density at radius 3 is 2.80 bits per heavy atom. The van der Waals surface area contributed by atoms with Crippen LogP contribution in [-0.2, 0) is 12.8 Å². The van der Waals surface area contributed by atoms with Crippen molar-refractivity contribution in [1.29, 1.82) is 0 Å². The molecule has 20 heavy (non-hydrogen) atoms. The van der Waals surface area contributed by atoms with E-state index in [-0.39, 0.29) is 0 Å². The van der Waals surface area contributed by atoms with Crippen LogP contribution in [-0.4, -0.2) is 25.3 Å². The molecule has 4 rings (SSSR count). The molecule has 1 fully saturated rings. The van der Waals surface area contributed by atoms with E-state index in [1.54, 1.807) is 0 Å². The van der Waals surface area contributed by atoms with Crippen LogP contribution in [0.1, 0.15) is 49.3 Å². The zero-order valence-corrected chi connectivity index (χ0v) is 12.4. The third-order valence-corrected chi connectivity index (χ3v) is 4.82. The molecule has 3 nitrogen and oxygen atoms in total. The molecule has 0 radical (unpaired) electrons. The van der Waals surface area contributed by atoms with Crippen molar-refractivity contribution in [3.05, 3.63) is 22.8 Å². The lowest BCUT2D eigenvalue weighted by Crippen LogP contribution is -2.29. The van der Waals surface area contributed by atoms with E-state index in [0.29, 0.717) is 18.1 Å². The van der Waals surface area contributed by atoms with Crippen molar-refractivity contribution in [3.8, 4) is 11.5 Å². The molecule has 3 aliphatic rings. The average Bonchev–Trinajstić information content (AvgIpc) is 2.97. The number of rotatable bonds is 1. The molecule has 0 aliphatic carbocycles. The van der Waals surface area contributed by atoms with Crippen molar-refractivity contribution < 1.29 is 9.47 Å². The average molecular weight is 273 g/mol. The van der Waals surface area contributed by atoms with Gasteiger partial charge in [-0.05, 0) is 39.3 Å². The third kappa shape index (κ3) is 1.91. The quantitative estimate of drug-likeness (QED) is 0.853. The van der Waals surface area contributed by atoms with Crippen LogP contribution >= 0.6 is 0 Å². The standard InChI is InChI=1S/C17H23NO2/c1-10-6-13-8-15-14(7-11(2)19-15)16(17(13)20-10)12-4-3-5-18-9-12/h8,10-12,18H,3-7,9H2,1-2H3. The second kappa shape index (κ2) is 4.66. The monoisotopic (exact) mass is 273 g/mol. The summed E-state index contributed by atoms with van der Waals surface area (Å²) in [6.07, 6.45) is 5.19. The van der Waals surface area contributed by atoms with E-state index in [1.165, 1.54) is 35.3 Å². The first kappa shape index (κ1) is 12.5. The van der Waals surface area contributed by atoms with Gasteiger partial charge in [0.25, 0.3) is 0 Å². The first-order chi connectivity index (χ1) is 9.72. The topological polar surface area (TPSA) is 30.5 Å². The number of benzene rings is 1. The van der Waals surface area contributed by atoms with Gasteiger partial charge in [-0.3, -0.25) is 0 Å². The molecule has 3 unspecified atom stereocenters. The summed E-state index contributed by atoms with van der Waals surface area (Å²) in [6, 6.07) is 2.23. The SMILES string of the molecule is CC1Cc2c(cc3c(c2C2CCCNC2)OC(C)C3)O1. The summed E-state index contributed by atoms with van der Waals surface area (Å²) in [5.41, 5.74) is 4.23.